The van der Waals surface area contributed by atoms with E-state index in [1.165, 1.54) is 0 Å². The second-order valence-corrected chi connectivity index (χ2v) is 6.89. The number of hydrogen-bond donors (Lipinski definition) is 0. The Labute approximate surface area is 128 Å². The fourth-order valence-electron chi connectivity index (χ4n) is 3.02. The predicted molar refractivity (Wildman–Crippen MR) is 84.1 cm³/mol. The standard InChI is InChI=1S/C15H30N6/c1-6-8-13(20-11-9-19(7-2)10-12-20)14-16-17-18-21(14)15(3,4)5/h13H,6-12H2,1-5H3. The highest BCUT2D eigenvalue weighted by Gasteiger charge is 2.31. The first-order chi connectivity index (χ1) is 9.97. The number of hydrogen-bond acceptors (Lipinski definition) is 5. The average Bonchev–Trinajstić information content (AvgIpc) is 2.94. The maximum Gasteiger partial charge on any atom is 0.168 e. The molecule has 1 atom stereocenters. The van der Waals surface area contributed by atoms with Gasteiger partial charge in [0.2, 0.25) is 0 Å². The van der Waals surface area contributed by atoms with Gasteiger partial charge in [0, 0.05) is 26.2 Å². The Kier molecular flexibility index (Phi) is 5.32. The highest BCUT2D eigenvalue weighted by molar-refractivity contribution is 4.97. The van der Waals surface area contributed by atoms with Gasteiger partial charge in [-0.3, -0.25) is 4.90 Å². The van der Waals surface area contributed by atoms with Gasteiger partial charge in [0.05, 0.1) is 11.6 Å². The zero-order valence-corrected chi connectivity index (χ0v) is 14.2. The van der Waals surface area contributed by atoms with E-state index in [-0.39, 0.29) is 5.54 Å². The lowest BCUT2D eigenvalue weighted by molar-refractivity contribution is 0.0861. The molecule has 1 fully saturated rings. The number of rotatable bonds is 5. The largest absolute Gasteiger partial charge is 0.301 e. The summed E-state index contributed by atoms with van der Waals surface area (Å²) in [5.41, 5.74) is -0.0733. The molecule has 1 aromatic heterocycles. The van der Waals surface area contributed by atoms with Crippen LogP contribution in [0.4, 0.5) is 0 Å². The van der Waals surface area contributed by atoms with Gasteiger partial charge in [0.15, 0.2) is 5.82 Å². The van der Waals surface area contributed by atoms with Gasteiger partial charge < -0.3 is 4.90 Å². The van der Waals surface area contributed by atoms with Crippen LogP contribution in [-0.2, 0) is 5.54 Å². The van der Waals surface area contributed by atoms with Crippen LogP contribution in [0.1, 0.15) is 59.3 Å². The molecule has 2 rings (SSSR count). The molecule has 1 aromatic rings. The molecule has 0 N–H and O–H groups in total. The number of piperazine rings is 1. The Bertz CT molecular complexity index is 428. The molecule has 1 unspecified atom stereocenters. The molecule has 0 saturated carbocycles. The molecule has 6 heteroatoms. The Morgan fingerprint density at radius 1 is 1.10 bits per heavy atom. The van der Waals surface area contributed by atoms with Crippen LogP contribution in [0.25, 0.3) is 0 Å². The molecule has 0 amide bonds. The molecule has 2 heterocycles. The first kappa shape index (κ1) is 16.4. The summed E-state index contributed by atoms with van der Waals surface area (Å²) in [5.74, 6) is 1.02. The van der Waals surface area contributed by atoms with Crippen LogP contribution in [0, 0.1) is 0 Å². The second kappa shape index (κ2) is 6.83. The Balaban J connectivity index is 2.18. The van der Waals surface area contributed by atoms with Crippen molar-refractivity contribution >= 4 is 0 Å². The quantitative estimate of drug-likeness (QED) is 0.830. The molecule has 21 heavy (non-hydrogen) atoms. The van der Waals surface area contributed by atoms with E-state index < -0.39 is 0 Å². The van der Waals surface area contributed by atoms with Gasteiger partial charge in [0.25, 0.3) is 0 Å². The van der Waals surface area contributed by atoms with Crippen molar-refractivity contribution < 1.29 is 0 Å². The van der Waals surface area contributed by atoms with Crippen molar-refractivity contribution in [1.29, 1.82) is 0 Å². The molecule has 1 saturated heterocycles. The van der Waals surface area contributed by atoms with Crippen LogP contribution in [-0.4, -0.2) is 62.7 Å². The summed E-state index contributed by atoms with van der Waals surface area (Å²) in [7, 11) is 0. The molecule has 1 aliphatic rings. The van der Waals surface area contributed by atoms with E-state index in [0.29, 0.717) is 6.04 Å². The lowest BCUT2D eigenvalue weighted by atomic mass is 10.1. The third kappa shape index (κ3) is 3.80. The maximum absolute atomic E-state index is 4.36. The van der Waals surface area contributed by atoms with Gasteiger partial charge in [-0.1, -0.05) is 20.3 Å². The van der Waals surface area contributed by atoms with Crippen LogP contribution in [0.5, 0.6) is 0 Å². The van der Waals surface area contributed by atoms with Crippen LogP contribution in [0.3, 0.4) is 0 Å². The molecule has 6 nitrogen and oxygen atoms in total. The van der Waals surface area contributed by atoms with Crippen molar-refractivity contribution in [3.8, 4) is 0 Å². The van der Waals surface area contributed by atoms with Gasteiger partial charge >= 0.3 is 0 Å². The van der Waals surface area contributed by atoms with E-state index in [4.69, 9.17) is 0 Å². The number of tetrazole rings is 1. The second-order valence-electron chi connectivity index (χ2n) is 6.89. The number of likely N-dealkylation sites (N-methyl/N-ethyl adjacent to an activating group) is 1. The highest BCUT2D eigenvalue weighted by atomic mass is 15.6. The molecular formula is C15H30N6. The molecule has 120 valence electrons. The summed E-state index contributed by atoms with van der Waals surface area (Å²) in [5, 5.41) is 12.5. The van der Waals surface area contributed by atoms with E-state index in [1.54, 1.807) is 0 Å². The molecule has 0 radical (unpaired) electrons. The SMILES string of the molecule is CCCC(c1nnnn1C(C)(C)C)N1CCN(CC)CC1. The Morgan fingerprint density at radius 3 is 2.29 bits per heavy atom. The van der Waals surface area contributed by atoms with Crippen molar-refractivity contribution in [2.45, 2.75) is 59.0 Å². The summed E-state index contributed by atoms with van der Waals surface area (Å²) in [6, 6.07) is 0.336. The van der Waals surface area contributed by atoms with Gasteiger partial charge in [-0.05, 0) is 44.2 Å². The van der Waals surface area contributed by atoms with Crippen LogP contribution in [0.2, 0.25) is 0 Å². The van der Waals surface area contributed by atoms with E-state index in [9.17, 15) is 0 Å². The topological polar surface area (TPSA) is 50.1 Å². The Morgan fingerprint density at radius 2 is 1.76 bits per heavy atom. The molecule has 0 aromatic carbocycles. The van der Waals surface area contributed by atoms with Crippen molar-refractivity contribution in [1.82, 2.24) is 30.0 Å². The van der Waals surface area contributed by atoms with Crippen molar-refractivity contribution in [2.24, 2.45) is 0 Å². The minimum absolute atomic E-state index is 0.0733. The fraction of sp³-hybridized carbons (Fsp3) is 0.933. The summed E-state index contributed by atoms with van der Waals surface area (Å²) < 4.78 is 2.00. The van der Waals surface area contributed by atoms with Crippen molar-refractivity contribution in [3.63, 3.8) is 0 Å². The summed E-state index contributed by atoms with van der Waals surface area (Å²) >= 11 is 0. The van der Waals surface area contributed by atoms with E-state index >= 15 is 0 Å². The molecule has 0 aliphatic carbocycles. The van der Waals surface area contributed by atoms with Gasteiger partial charge in [-0.25, -0.2) is 4.68 Å². The first-order valence-corrected chi connectivity index (χ1v) is 8.22. The molecule has 1 aliphatic heterocycles. The third-order valence-corrected chi connectivity index (χ3v) is 4.28. The molecule has 0 bridgehead atoms. The lowest BCUT2D eigenvalue weighted by Crippen LogP contribution is -2.48. The number of nitrogens with zero attached hydrogens (tertiary/aromatic N) is 6. The summed E-state index contributed by atoms with van der Waals surface area (Å²) in [6.07, 6.45) is 2.26. The zero-order chi connectivity index (χ0) is 15.5. The molecular weight excluding hydrogens is 264 g/mol. The fourth-order valence-corrected chi connectivity index (χ4v) is 3.02. The van der Waals surface area contributed by atoms with E-state index in [0.717, 1.165) is 51.4 Å². The predicted octanol–water partition coefficient (Wildman–Crippen LogP) is 1.91. The monoisotopic (exact) mass is 294 g/mol. The zero-order valence-electron chi connectivity index (χ0n) is 14.2. The normalized spacial score (nSPS) is 19.9. The smallest absolute Gasteiger partial charge is 0.168 e. The highest BCUT2D eigenvalue weighted by Crippen LogP contribution is 2.27. The van der Waals surface area contributed by atoms with E-state index in [1.807, 2.05) is 4.68 Å². The average molecular weight is 294 g/mol. The third-order valence-electron chi connectivity index (χ3n) is 4.28. The van der Waals surface area contributed by atoms with Crippen molar-refractivity contribution in [3.05, 3.63) is 5.82 Å². The first-order valence-electron chi connectivity index (χ1n) is 8.22. The summed E-state index contributed by atoms with van der Waals surface area (Å²) in [6.45, 7) is 16.6. The van der Waals surface area contributed by atoms with E-state index in [2.05, 4.69) is 59.9 Å². The minimum Gasteiger partial charge on any atom is -0.301 e. The van der Waals surface area contributed by atoms with Crippen LogP contribution >= 0.6 is 0 Å². The summed E-state index contributed by atoms with van der Waals surface area (Å²) in [4.78, 5) is 5.07. The van der Waals surface area contributed by atoms with Crippen molar-refractivity contribution in [2.75, 3.05) is 32.7 Å². The van der Waals surface area contributed by atoms with Crippen LogP contribution in [0.15, 0.2) is 0 Å². The van der Waals surface area contributed by atoms with Gasteiger partial charge in [-0.15, -0.1) is 5.10 Å². The minimum atomic E-state index is -0.0733. The Hall–Kier alpha value is -1.01. The molecule has 0 spiro atoms. The lowest BCUT2D eigenvalue weighted by Gasteiger charge is -2.39. The van der Waals surface area contributed by atoms with Gasteiger partial charge in [0.1, 0.15) is 0 Å². The van der Waals surface area contributed by atoms with Crippen LogP contribution < -0.4 is 0 Å². The number of aromatic nitrogens is 4. The maximum atomic E-state index is 4.36. The van der Waals surface area contributed by atoms with Gasteiger partial charge in [-0.2, -0.15) is 0 Å².